The highest BCUT2D eigenvalue weighted by molar-refractivity contribution is 5.74. The second-order valence-electron chi connectivity index (χ2n) is 7.65. The van der Waals surface area contributed by atoms with E-state index in [2.05, 4.69) is 53.7 Å². The van der Waals surface area contributed by atoms with Crippen molar-refractivity contribution in [1.29, 1.82) is 0 Å². The zero-order valence-electron chi connectivity index (χ0n) is 18.1. The maximum Gasteiger partial charge on any atom is 0.315 e. The van der Waals surface area contributed by atoms with Crippen molar-refractivity contribution in [3.05, 3.63) is 83.4 Å². The first kappa shape index (κ1) is 21.4. The number of ether oxygens (including phenoxy) is 1. The Labute approximate surface area is 178 Å². The van der Waals surface area contributed by atoms with E-state index in [0.29, 0.717) is 12.5 Å². The van der Waals surface area contributed by atoms with Crippen LogP contribution in [-0.2, 0) is 13.5 Å². The highest BCUT2D eigenvalue weighted by atomic mass is 16.5. The molecule has 6 heteroatoms. The number of nitrogens with zero attached hydrogens (tertiary/aromatic N) is 2. The van der Waals surface area contributed by atoms with Gasteiger partial charge in [-0.2, -0.15) is 0 Å². The van der Waals surface area contributed by atoms with Gasteiger partial charge >= 0.3 is 6.03 Å². The van der Waals surface area contributed by atoms with E-state index in [1.165, 1.54) is 11.1 Å². The monoisotopic (exact) mass is 406 g/mol. The summed E-state index contributed by atoms with van der Waals surface area (Å²) in [6.45, 7) is 4.92. The molecule has 0 saturated carbocycles. The van der Waals surface area contributed by atoms with Gasteiger partial charge in [-0.1, -0.05) is 50.2 Å². The molecule has 0 aliphatic carbocycles. The normalized spacial score (nSPS) is 11.9. The van der Waals surface area contributed by atoms with Gasteiger partial charge < -0.3 is 19.9 Å². The Balaban J connectivity index is 1.62. The van der Waals surface area contributed by atoms with Crippen LogP contribution in [0.3, 0.4) is 0 Å². The smallest absolute Gasteiger partial charge is 0.315 e. The van der Waals surface area contributed by atoms with Crippen molar-refractivity contribution >= 4 is 6.03 Å². The van der Waals surface area contributed by atoms with Gasteiger partial charge in [0, 0.05) is 26.0 Å². The highest BCUT2D eigenvalue weighted by Gasteiger charge is 2.20. The average molecular weight is 407 g/mol. The summed E-state index contributed by atoms with van der Waals surface area (Å²) < 4.78 is 7.15. The van der Waals surface area contributed by atoms with Gasteiger partial charge in [-0.05, 0) is 41.2 Å². The van der Waals surface area contributed by atoms with Crippen LogP contribution in [0.1, 0.15) is 48.3 Å². The summed E-state index contributed by atoms with van der Waals surface area (Å²) in [5.41, 5.74) is 3.46. The zero-order chi connectivity index (χ0) is 21.5. The van der Waals surface area contributed by atoms with Crippen molar-refractivity contribution in [2.45, 2.75) is 32.2 Å². The van der Waals surface area contributed by atoms with Crippen LogP contribution < -0.4 is 15.4 Å². The summed E-state index contributed by atoms with van der Waals surface area (Å²) in [5, 5.41) is 6.01. The second-order valence-corrected chi connectivity index (χ2v) is 7.65. The van der Waals surface area contributed by atoms with E-state index in [9.17, 15) is 4.79 Å². The summed E-state index contributed by atoms with van der Waals surface area (Å²) >= 11 is 0. The van der Waals surface area contributed by atoms with Gasteiger partial charge in [-0.3, -0.25) is 0 Å². The Kier molecular flexibility index (Phi) is 7.12. The Hall–Kier alpha value is -3.28. The fourth-order valence-electron chi connectivity index (χ4n) is 3.32. The van der Waals surface area contributed by atoms with Crippen molar-refractivity contribution in [2.75, 3.05) is 13.7 Å². The van der Waals surface area contributed by atoms with E-state index < -0.39 is 0 Å². The molecular weight excluding hydrogens is 376 g/mol. The molecule has 2 N–H and O–H groups in total. The topological polar surface area (TPSA) is 68.2 Å². The van der Waals surface area contributed by atoms with Crippen LogP contribution in [0, 0.1) is 0 Å². The van der Waals surface area contributed by atoms with Crippen molar-refractivity contribution in [1.82, 2.24) is 20.2 Å². The third-order valence-corrected chi connectivity index (χ3v) is 5.19. The van der Waals surface area contributed by atoms with Gasteiger partial charge in [0.15, 0.2) is 0 Å². The number of benzene rings is 2. The maximum atomic E-state index is 12.6. The molecule has 0 spiro atoms. The standard InChI is InChI=1S/C24H30N4O2/c1-17(2)19-7-5-18(6-8-19)13-14-26-24(29)27-22(23-25-15-16-28(23)3)20-9-11-21(30-4)12-10-20/h5-12,15-17,22H,13-14H2,1-4H3,(H2,26,27,29). The Morgan fingerprint density at radius 1 is 1.07 bits per heavy atom. The van der Waals surface area contributed by atoms with E-state index >= 15 is 0 Å². The minimum Gasteiger partial charge on any atom is -0.497 e. The van der Waals surface area contributed by atoms with Crippen LogP contribution in [0.15, 0.2) is 60.9 Å². The molecule has 1 unspecified atom stereocenters. The predicted octanol–water partition coefficient (Wildman–Crippen LogP) is 4.18. The average Bonchev–Trinajstić information content (AvgIpc) is 3.18. The van der Waals surface area contributed by atoms with Crippen LogP contribution in [0.4, 0.5) is 4.79 Å². The summed E-state index contributed by atoms with van der Waals surface area (Å²) in [6, 6.07) is 15.6. The van der Waals surface area contributed by atoms with Gasteiger partial charge in [0.25, 0.3) is 0 Å². The molecule has 0 fully saturated rings. The molecule has 0 radical (unpaired) electrons. The van der Waals surface area contributed by atoms with Crippen molar-refractivity contribution in [3.8, 4) is 5.75 Å². The third kappa shape index (κ3) is 5.41. The molecule has 0 saturated heterocycles. The molecule has 0 bridgehead atoms. The van der Waals surface area contributed by atoms with Gasteiger partial charge in [0.05, 0.1) is 7.11 Å². The number of imidazole rings is 1. The molecule has 1 heterocycles. The summed E-state index contributed by atoms with van der Waals surface area (Å²) in [4.78, 5) is 17.0. The molecular formula is C24H30N4O2. The summed E-state index contributed by atoms with van der Waals surface area (Å²) in [7, 11) is 3.55. The molecule has 3 aromatic rings. The molecule has 158 valence electrons. The van der Waals surface area contributed by atoms with Crippen LogP contribution in [-0.4, -0.2) is 29.2 Å². The highest BCUT2D eigenvalue weighted by Crippen LogP contribution is 2.23. The Bertz CT molecular complexity index is 946. The molecule has 0 aliphatic heterocycles. The van der Waals surface area contributed by atoms with E-state index in [1.54, 1.807) is 13.3 Å². The number of nitrogens with one attached hydrogen (secondary N) is 2. The lowest BCUT2D eigenvalue weighted by molar-refractivity contribution is 0.238. The number of aromatic nitrogens is 2. The SMILES string of the molecule is COc1ccc(C(NC(=O)NCCc2ccc(C(C)C)cc2)c2nccn2C)cc1. The number of urea groups is 1. The number of methoxy groups -OCH3 is 1. The van der Waals surface area contributed by atoms with Gasteiger partial charge in [-0.15, -0.1) is 0 Å². The van der Waals surface area contributed by atoms with E-state index in [4.69, 9.17) is 4.74 Å². The maximum absolute atomic E-state index is 12.6. The fourth-order valence-corrected chi connectivity index (χ4v) is 3.32. The molecule has 0 aliphatic rings. The Morgan fingerprint density at radius 2 is 1.73 bits per heavy atom. The van der Waals surface area contributed by atoms with Crippen molar-refractivity contribution in [2.24, 2.45) is 7.05 Å². The molecule has 2 amide bonds. The quantitative estimate of drug-likeness (QED) is 0.590. The molecule has 1 aromatic heterocycles. The lowest BCUT2D eigenvalue weighted by Crippen LogP contribution is -2.40. The fraction of sp³-hybridized carbons (Fsp3) is 0.333. The first-order chi connectivity index (χ1) is 14.5. The number of aryl methyl sites for hydroxylation is 1. The van der Waals surface area contributed by atoms with Crippen LogP contribution in [0.25, 0.3) is 0 Å². The van der Waals surface area contributed by atoms with E-state index in [0.717, 1.165) is 23.6 Å². The number of amides is 2. The number of rotatable bonds is 8. The van der Waals surface area contributed by atoms with E-state index in [1.807, 2.05) is 42.1 Å². The minimum atomic E-state index is -0.360. The third-order valence-electron chi connectivity index (χ3n) is 5.19. The van der Waals surface area contributed by atoms with Gasteiger partial charge in [-0.25, -0.2) is 9.78 Å². The number of carbonyl (C=O) groups is 1. The molecule has 2 aromatic carbocycles. The molecule has 3 rings (SSSR count). The number of hydrogen-bond acceptors (Lipinski definition) is 3. The molecule has 1 atom stereocenters. The number of carbonyl (C=O) groups excluding carboxylic acids is 1. The molecule has 6 nitrogen and oxygen atoms in total. The summed E-state index contributed by atoms with van der Waals surface area (Å²) in [5.74, 6) is 2.05. The summed E-state index contributed by atoms with van der Waals surface area (Å²) in [6.07, 6.45) is 4.37. The second kappa shape index (κ2) is 9.96. The minimum absolute atomic E-state index is 0.224. The number of hydrogen-bond donors (Lipinski definition) is 2. The van der Waals surface area contributed by atoms with Gasteiger partial charge in [0.2, 0.25) is 0 Å². The van der Waals surface area contributed by atoms with E-state index in [-0.39, 0.29) is 12.1 Å². The largest absolute Gasteiger partial charge is 0.497 e. The predicted molar refractivity (Wildman–Crippen MR) is 119 cm³/mol. The van der Waals surface area contributed by atoms with Crippen molar-refractivity contribution < 1.29 is 9.53 Å². The first-order valence-corrected chi connectivity index (χ1v) is 10.2. The Morgan fingerprint density at radius 3 is 2.30 bits per heavy atom. The molecule has 30 heavy (non-hydrogen) atoms. The van der Waals surface area contributed by atoms with Crippen LogP contribution in [0.2, 0.25) is 0 Å². The van der Waals surface area contributed by atoms with Crippen LogP contribution in [0.5, 0.6) is 5.75 Å². The lowest BCUT2D eigenvalue weighted by atomic mass is 10.0. The van der Waals surface area contributed by atoms with Crippen molar-refractivity contribution in [3.63, 3.8) is 0 Å². The zero-order valence-corrected chi connectivity index (χ0v) is 18.1. The van der Waals surface area contributed by atoms with Crippen LogP contribution >= 0.6 is 0 Å². The first-order valence-electron chi connectivity index (χ1n) is 10.2. The lowest BCUT2D eigenvalue weighted by Gasteiger charge is -2.20. The van der Waals surface area contributed by atoms with Gasteiger partial charge in [0.1, 0.15) is 17.6 Å².